The van der Waals surface area contributed by atoms with E-state index in [4.69, 9.17) is 25.8 Å². The van der Waals surface area contributed by atoms with Gasteiger partial charge in [0.05, 0.1) is 32.3 Å². The van der Waals surface area contributed by atoms with Crippen LogP contribution in [0.2, 0.25) is 5.02 Å². The van der Waals surface area contributed by atoms with E-state index in [2.05, 4.69) is 4.36 Å². The number of alkyl halides is 3. The number of esters is 1. The SMILES string of the molecule is COc1ccc(S(C)(=O)=NC(=O)C(C)OC(=O)c2cc(Oc3ccc(C(F)(F)F)cc3Cl)ccc2[N+](=O)[O-])cc1. The van der Waals surface area contributed by atoms with E-state index in [-0.39, 0.29) is 16.4 Å². The molecular weight excluding hydrogens is 581 g/mol. The number of methoxy groups -OCH3 is 1. The molecule has 2 unspecified atom stereocenters. The molecule has 0 N–H and O–H groups in total. The van der Waals surface area contributed by atoms with E-state index in [1.54, 1.807) is 0 Å². The lowest BCUT2D eigenvalue weighted by Gasteiger charge is -2.13. The minimum absolute atomic E-state index is 0.195. The third kappa shape index (κ3) is 7.27. The van der Waals surface area contributed by atoms with E-state index in [0.717, 1.165) is 37.3 Å². The normalized spacial score (nSPS) is 13.5. The Morgan fingerprint density at radius 3 is 2.23 bits per heavy atom. The number of hydrogen-bond donors (Lipinski definition) is 0. The molecule has 0 aliphatic rings. The Bertz CT molecular complexity index is 1590. The Hall–Kier alpha value is -4.17. The number of nitrogens with zero attached hydrogens (tertiary/aromatic N) is 2. The molecule has 0 heterocycles. The van der Waals surface area contributed by atoms with Gasteiger partial charge < -0.3 is 14.2 Å². The number of amides is 1. The van der Waals surface area contributed by atoms with Crippen molar-refractivity contribution in [1.82, 2.24) is 0 Å². The topological polar surface area (TPSA) is 134 Å². The summed E-state index contributed by atoms with van der Waals surface area (Å²) < 4.78 is 70.8. The molecule has 0 aromatic heterocycles. The van der Waals surface area contributed by atoms with Gasteiger partial charge in [0.25, 0.3) is 11.6 Å². The fourth-order valence-electron chi connectivity index (χ4n) is 3.19. The van der Waals surface area contributed by atoms with Crippen LogP contribution in [0.1, 0.15) is 22.8 Å². The molecule has 40 heavy (non-hydrogen) atoms. The van der Waals surface area contributed by atoms with Crippen molar-refractivity contribution in [1.29, 1.82) is 0 Å². The molecule has 0 fully saturated rings. The van der Waals surface area contributed by atoms with Gasteiger partial charge in [0.2, 0.25) is 0 Å². The summed E-state index contributed by atoms with van der Waals surface area (Å²) in [6, 6.07) is 11.1. The average Bonchev–Trinajstić information content (AvgIpc) is 2.88. The molecule has 0 spiro atoms. The number of carbonyl (C=O) groups is 2. The second-order valence-electron chi connectivity index (χ2n) is 8.14. The highest BCUT2D eigenvalue weighted by Crippen LogP contribution is 2.37. The number of benzene rings is 3. The number of hydrogen-bond acceptors (Lipinski definition) is 8. The number of halogens is 4. The molecule has 1 amide bonds. The zero-order valence-electron chi connectivity index (χ0n) is 20.9. The van der Waals surface area contributed by atoms with Gasteiger partial charge in [-0.1, -0.05) is 11.6 Å². The van der Waals surface area contributed by atoms with E-state index in [1.165, 1.54) is 37.6 Å². The average molecular weight is 601 g/mol. The van der Waals surface area contributed by atoms with Crippen molar-refractivity contribution in [2.75, 3.05) is 13.4 Å². The fraction of sp³-hybridized carbons (Fsp3) is 0.200. The van der Waals surface area contributed by atoms with Crippen LogP contribution in [0.5, 0.6) is 17.2 Å². The minimum Gasteiger partial charge on any atom is -0.497 e. The van der Waals surface area contributed by atoms with Crippen LogP contribution >= 0.6 is 11.6 Å². The quantitative estimate of drug-likeness (QED) is 0.167. The van der Waals surface area contributed by atoms with Gasteiger partial charge >= 0.3 is 12.1 Å². The van der Waals surface area contributed by atoms with Crippen molar-refractivity contribution >= 4 is 38.9 Å². The van der Waals surface area contributed by atoms with Crippen molar-refractivity contribution in [3.63, 3.8) is 0 Å². The van der Waals surface area contributed by atoms with Crippen molar-refractivity contribution < 1.29 is 46.1 Å². The van der Waals surface area contributed by atoms with Gasteiger partial charge in [-0.15, -0.1) is 0 Å². The number of rotatable bonds is 8. The molecule has 3 aromatic carbocycles. The molecule has 212 valence electrons. The fourth-order valence-corrected chi connectivity index (χ4v) is 4.65. The highest BCUT2D eigenvalue weighted by atomic mass is 35.5. The molecule has 10 nitrogen and oxygen atoms in total. The molecule has 0 aliphatic heterocycles. The lowest BCUT2D eigenvalue weighted by molar-refractivity contribution is -0.385. The Morgan fingerprint density at radius 2 is 1.68 bits per heavy atom. The second-order valence-corrected chi connectivity index (χ2v) is 10.8. The standard InChI is InChI=1S/C25H20ClF3N2O8S/c1-14(23(32)30-40(3,36)18-8-5-16(37-2)6-9-18)38-24(33)19-13-17(7-10-21(19)31(34)35)39-22-11-4-15(12-20(22)26)25(27,28)29/h4-14H,1-3H3. The minimum atomic E-state index is -4.65. The van der Waals surface area contributed by atoms with E-state index < -0.39 is 60.6 Å². The molecule has 0 aliphatic carbocycles. The molecule has 2 atom stereocenters. The Morgan fingerprint density at radius 1 is 1.05 bits per heavy atom. The predicted molar refractivity (Wildman–Crippen MR) is 137 cm³/mol. The van der Waals surface area contributed by atoms with Crippen LogP contribution in [0.4, 0.5) is 18.9 Å². The molecule has 0 saturated carbocycles. The maximum absolute atomic E-state index is 13.0. The highest BCUT2D eigenvalue weighted by molar-refractivity contribution is 7.93. The Balaban J connectivity index is 1.84. The third-order valence-electron chi connectivity index (χ3n) is 5.26. The van der Waals surface area contributed by atoms with Crippen molar-refractivity contribution in [2.24, 2.45) is 4.36 Å². The monoisotopic (exact) mass is 600 g/mol. The smallest absolute Gasteiger partial charge is 0.416 e. The van der Waals surface area contributed by atoms with Crippen LogP contribution in [0.25, 0.3) is 0 Å². The largest absolute Gasteiger partial charge is 0.497 e. The van der Waals surface area contributed by atoms with Crippen LogP contribution in [0, 0.1) is 10.1 Å². The van der Waals surface area contributed by atoms with Gasteiger partial charge in [-0.2, -0.15) is 17.5 Å². The number of carbonyl (C=O) groups excluding carboxylic acids is 2. The summed E-state index contributed by atoms with van der Waals surface area (Å²) in [6.45, 7) is 1.14. The van der Waals surface area contributed by atoms with Crippen LogP contribution in [-0.2, 0) is 25.4 Å². The maximum Gasteiger partial charge on any atom is 0.416 e. The first-order valence-corrected chi connectivity index (χ1v) is 13.4. The second kappa shape index (κ2) is 11.9. The van der Waals surface area contributed by atoms with E-state index in [0.29, 0.717) is 11.8 Å². The number of nitro groups is 1. The zero-order valence-corrected chi connectivity index (χ0v) is 22.5. The maximum atomic E-state index is 13.0. The van der Waals surface area contributed by atoms with Crippen LogP contribution in [0.3, 0.4) is 0 Å². The molecule has 15 heteroatoms. The number of ether oxygens (including phenoxy) is 3. The van der Waals surface area contributed by atoms with E-state index in [9.17, 15) is 37.1 Å². The molecule has 3 aromatic rings. The van der Waals surface area contributed by atoms with Crippen molar-refractivity contribution in [3.8, 4) is 17.2 Å². The van der Waals surface area contributed by atoms with Gasteiger partial charge in [0, 0.05) is 23.3 Å². The lowest BCUT2D eigenvalue weighted by atomic mass is 10.1. The summed E-state index contributed by atoms with van der Waals surface area (Å²) in [5, 5.41) is 11.1. The van der Waals surface area contributed by atoms with Crippen LogP contribution < -0.4 is 9.47 Å². The van der Waals surface area contributed by atoms with Crippen molar-refractivity contribution in [2.45, 2.75) is 24.1 Å². The van der Waals surface area contributed by atoms with Crippen molar-refractivity contribution in [3.05, 3.63) is 86.9 Å². The van der Waals surface area contributed by atoms with Gasteiger partial charge in [-0.05, 0) is 55.5 Å². The Labute approximate surface area is 230 Å². The summed E-state index contributed by atoms with van der Waals surface area (Å²) in [5.41, 5.74) is -2.35. The molecule has 0 saturated heterocycles. The lowest BCUT2D eigenvalue weighted by Crippen LogP contribution is -2.24. The van der Waals surface area contributed by atoms with Crippen LogP contribution in [-0.4, -0.2) is 40.5 Å². The highest BCUT2D eigenvalue weighted by Gasteiger charge is 2.31. The third-order valence-corrected chi connectivity index (χ3v) is 7.23. The zero-order chi connectivity index (χ0) is 29.8. The predicted octanol–water partition coefficient (Wildman–Crippen LogP) is 6.30. The summed E-state index contributed by atoms with van der Waals surface area (Å²) in [7, 11) is -1.80. The molecule has 0 bridgehead atoms. The number of nitro benzene ring substituents is 1. The summed E-state index contributed by atoms with van der Waals surface area (Å²) in [6.07, 6.45) is -5.02. The first kappa shape index (κ1) is 30.4. The van der Waals surface area contributed by atoms with E-state index >= 15 is 0 Å². The summed E-state index contributed by atoms with van der Waals surface area (Å²) in [5.74, 6) is -2.30. The molecule has 3 rings (SSSR count). The van der Waals surface area contributed by atoms with Gasteiger partial charge in [-0.25, -0.2) is 9.00 Å². The molecule has 0 radical (unpaired) electrons. The van der Waals surface area contributed by atoms with E-state index in [1.807, 2.05) is 0 Å². The van der Waals surface area contributed by atoms with Crippen LogP contribution in [0.15, 0.2) is 69.9 Å². The Kier molecular flexibility index (Phi) is 9.05. The summed E-state index contributed by atoms with van der Waals surface area (Å²) in [4.78, 5) is 36.2. The van der Waals surface area contributed by atoms with Gasteiger partial charge in [0.1, 0.15) is 22.8 Å². The van der Waals surface area contributed by atoms with Gasteiger partial charge in [-0.3, -0.25) is 14.9 Å². The first-order chi connectivity index (χ1) is 18.6. The van der Waals surface area contributed by atoms with Gasteiger partial charge in [0.15, 0.2) is 6.10 Å². The summed E-state index contributed by atoms with van der Waals surface area (Å²) >= 11 is 5.88. The first-order valence-electron chi connectivity index (χ1n) is 11.1. The molecular formula is C25H20ClF3N2O8S.